The minimum absolute atomic E-state index is 0.0766. The van der Waals surface area contributed by atoms with Crippen LogP contribution in [0.1, 0.15) is 19.3 Å². The summed E-state index contributed by atoms with van der Waals surface area (Å²) in [5.41, 5.74) is 6.21. The summed E-state index contributed by atoms with van der Waals surface area (Å²) >= 11 is 0. The van der Waals surface area contributed by atoms with Gasteiger partial charge in [-0.3, -0.25) is 0 Å². The van der Waals surface area contributed by atoms with Gasteiger partial charge in [-0.15, -0.1) is 0 Å². The summed E-state index contributed by atoms with van der Waals surface area (Å²) in [5, 5.41) is 0. The molecule has 0 amide bonds. The molecule has 6 nitrogen and oxygen atoms in total. The van der Waals surface area contributed by atoms with Crippen LogP contribution in [0.15, 0.2) is 24.3 Å². The van der Waals surface area contributed by atoms with Gasteiger partial charge in [-0.05, 0) is 31.4 Å². The topological polar surface area (TPSA) is 90.6 Å². The largest absolute Gasteiger partial charge is 0.490 e. The minimum Gasteiger partial charge on any atom is -0.490 e. The van der Waals surface area contributed by atoms with E-state index in [9.17, 15) is 8.42 Å². The Bertz CT molecular complexity index is 505. The van der Waals surface area contributed by atoms with Crippen LogP contribution in [-0.2, 0) is 14.8 Å². The SMILES string of the molecule is COCCCCCNS(=O)(=O)CCOc1ccccc1N. The third-order valence-corrected chi connectivity index (χ3v) is 4.22. The maximum absolute atomic E-state index is 11.7. The van der Waals surface area contributed by atoms with Crippen molar-refractivity contribution >= 4 is 15.7 Å². The molecule has 0 aliphatic heterocycles. The zero-order chi connectivity index (χ0) is 15.6. The number of ether oxygens (including phenoxy) is 2. The van der Waals surface area contributed by atoms with E-state index in [2.05, 4.69) is 4.72 Å². The van der Waals surface area contributed by atoms with Crippen molar-refractivity contribution in [2.45, 2.75) is 19.3 Å². The van der Waals surface area contributed by atoms with Gasteiger partial charge in [0.25, 0.3) is 0 Å². The zero-order valence-electron chi connectivity index (χ0n) is 12.4. The first-order valence-corrected chi connectivity index (χ1v) is 8.64. The summed E-state index contributed by atoms with van der Waals surface area (Å²) in [5.74, 6) is 0.423. The predicted octanol–water partition coefficient (Wildman–Crippen LogP) is 1.38. The molecule has 0 aliphatic rings. The number of nitrogen functional groups attached to an aromatic ring is 1. The highest BCUT2D eigenvalue weighted by Crippen LogP contribution is 2.19. The van der Waals surface area contributed by atoms with Crippen molar-refractivity contribution in [3.8, 4) is 5.75 Å². The first-order valence-electron chi connectivity index (χ1n) is 6.99. The first-order chi connectivity index (χ1) is 10.0. The van der Waals surface area contributed by atoms with Gasteiger partial charge in [-0.1, -0.05) is 12.1 Å². The van der Waals surface area contributed by atoms with Crippen LogP contribution < -0.4 is 15.2 Å². The second kappa shape index (κ2) is 9.59. The van der Waals surface area contributed by atoms with Crippen molar-refractivity contribution in [2.24, 2.45) is 0 Å². The third-order valence-electron chi connectivity index (χ3n) is 2.88. The Hall–Kier alpha value is -1.31. The van der Waals surface area contributed by atoms with Crippen molar-refractivity contribution < 1.29 is 17.9 Å². The molecule has 0 fully saturated rings. The van der Waals surface area contributed by atoms with E-state index in [0.717, 1.165) is 19.3 Å². The van der Waals surface area contributed by atoms with Gasteiger partial charge in [-0.2, -0.15) is 0 Å². The molecule has 1 rings (SSSR count). The Labute approximate surface area is 126 Å². The fraction of sp³-hybridized carbons (Fsp3) is 0.571. The number of benzene rings is 1. The smallest absolute Gasteiger partial charge is 0.214 e. The zero-order valence-corrected chi connectivity index (χ0v) is 13.2. The van der Waals surface area contributed by atoms with Crippen molar-refractivity contribution in [1.82, 2.24) is 4.72 Å². The maximum Gasteiger partial charge on any atom is 0.214 e. The lowest BCUT2D eigenvalue weighted by molar-refractivity contribution is 0.192. The number of sulfonamides is 1. The molecule has 3 N–H and O–H groups in total. The minimum atomic E-state index is -3.30. The molecule has 1 aromatic carbocycles. The molecule has 1 aromatic rings. The molecule has 0 saturated carbocycles. The van der Waals surface area contributed by atoms with Crippen LogP contribution in [0.4, 0.5) is 5.69 Å². The van der Waals surface area contributed by atoms with Crippen LogP contribution in [0.3, 0.4) is 0 Å². The van der Waals surface area contributed by atoms with Gasteiger partial charge < -0.3 is 15.2 Å². The molecule has 0 aromatic heterocycles. The summed E-state index contributed by atoms with van der Waals surface area (Å²) in [4.78, 5) is 0. The summed E-state index contributed by atoms with van der Waals surface area (Å²) in [7, 11) is -1.65. The quantitative estimate of drug-likeness (QED) is 0.475. The van der Waals surface area contributed by atoms with Gasteiger partial charge in [0.05, 0.1) is 11.4 Å². The van der Waals surface area contributed by atoms with E-state index < -0.39 is 10.0 Å². The lowest BCUT2D eigenvalue weighted by Gasteiger charge is -2.10. The van der Waals surface area contributed by atoms with E-state index in [1.54, 1.807) is 31.4 Å². The summed E-state index contributed by atoms with van der Waals surface area (Å²) in [6, 6.07) is 7.01. The van der Waals surface area contributed by atoms with Gasteiger partial charge in [0.2, 0.25) is 10.0 Å². The molecule has 0 bridgehead atoms. The Morgan fingerprint density at radius 1 is 1.14 bits per heavy atom. The van der Waals surface area contributed by atoms with Crippen LogP contribution in [0.2, 0.25) is 0 Å². The number of hydrogen-bond acceptors (Lipinski definition) is 5. The van der Waals surface area contributed by atoms with Gasteiger partial charge in [-0.25, -0.2) is 13.1 Å². The number of methoxy groups -OCH3 is 1. The summed E-state index contributed by atoms with van der Waals surface area (Å²) in [6.07, 6.45) is 2.68. The molecular formula is C14H24N2O4S. The number of nitrogens with one attached hydrogen (secondary N) is 1. The van der Waals surface area contributed by atoms with Crippen molar-refractivity contribution in [1.29, 1.82) is 0 Å². The Morgan fingerprint density at radius 2 is 1.90 bits per heavy atom. The van der Waals surface area contributed by atoms with Crippen LogP contribution >= 0.6 is 0 Å². The lowest BCUT2D eigenvalue weighted by Crippen LogP contribution is -2.30. The molecule has 21 heavy (non-hydrogen) atoms. The number of para-hydroxylation sites is 2. The normalized spacial score (nSPS) is 11.5. The molecule has 120 valence electrons. The van der Waals surface area contributed by atoms with E-state index in [-0.39, 0.29) is 12.4 Å². The van der Waals surface area contributed by atoms with Crippen molar-refractivity contribution in [3.05, 3.63) is 24.3 Å². The number of hydrogen-bond donors (Lipinski definition) is 2. The molecular weight excluding hydrogens is 292 g/mol. The van der Waals surface area contributed by atoms with E-state index in [1.807, 2.05) is 0 Å². The Balaban J connectivity index is 2.19. The van der Waals surface area contributed by atoms with Crippen LogP contribution in [0, 0.1) is 0 Å². The number of rotatable bonds is 11. The highest BCUT2D eigenvalue weighted by Gasteiger charge is 2.10. The maximum atomic E-state index is 11.7. The standard InChI is InChI=1S/C14H24N2O4S/c1-19-10-6-2-5-9-16-21(17,18)12-11-20-14-8-4-3-7-13(14)15/h3-4,7-8,16H,2,5-6,9-12,15H2,1H3. The lowest BCUT2D eigenvalue weighted by atomic mass is 10.2. The van der Waals surface area contributed by atoms with E-state index in [0.29, 0.717) is 24.6 Å². The monoisotopic (exact) mass is 316 g/mol. The number of unbranched alkanes of at least 4 members (excludes halogenated alkanes) is 2. The second-order valence-electron chi connectivity index (χ2n) is 4.65. The average molecular weight is 316 g/mol. The van der Waals surface area contributed by atoms with Crippen LogP contribution in [-0.4, -0.2) is 41.0 Å². The van der Waals surface area contributed by atoms with Crippen molar-refractivity contribution in [2.75, 3.05) is 38.4 Å². The molecule has 0 heterocycles. The molecule has 0 radical (unpaired) electrons. The second-order valence-corrected chi connectivity index (χ2v) is 6.58. The van der Waals surface area contributed by atoms with E-state index in [1.165, 1.54) is 0 Å². The van der Waals surface area contributed by atoms with Crippen LogP contribution in [0.25, 0.3) is 0 Å². The van der Waals surface area contributed by atoms with Crippen molar-refractivity contribution in [3.63, 3.8) is 0 Å². The predicted molar refractivity (Wildman–Crippen MR) is 83.9 cm³/mol. The molecule has 0 unspecified atom stereocenters. The van der Waals surface area contributed by atoms with Gasteiger partial charge in [0.1, 0.15) is 12.4 Å². The number of anilines is 1. The van der Waals surface area contributed by atoms with Crippen LogP contribution in [0.5, 0.6) is 5.75 Å². The highest BCUT2D eigenvalue weighted by molar-refractivity contribution is 7.89. The Morgan fingerprint density at radius 3 is 2.62 bits per heavy atom. The molecule has 0 aliphatic carbocycles. The van der Waals surface area contributed by atoms with E-state index in [4.69, 9.17) is 15.2 Å². The molecule has 7 heteroatoms. The summed E-state index contributed by atoms with van der Waals surface area (Å²) < 4.78 is 36.4. The fourth-order valence-electron chi connectivity index (χ4n) is 1.72. The summed E-state index contributed by atoms with van der Waals surface area (Å²) in [6.45, 7) is 1.23. The Kier molecular flexibility index (Phi) is 8.11. The van der Waals surface area contributed by atoms with E-state index >= 15 is 0 Å². The molecule has 0 atom stereocenters. The van der Waals surface area contributed by atoms with Gasteiger partial charge in [0, 0.05) is 20.3 Å². The molecule has 0 saturated heterocycles. The third kappa shape index (κ3) is 7.89. The average Bonchev–Trinajstić information content (AvgIpc) is 2.45. The van der Waals surface area contributed by atoms with Gasteiger partial charge in [0.15, 0.2) is 0 Å². The fourth-order valence-corrected chi connectivity index (χ4v) is 2.62. The molecule has 0 spiro atoms. The first kappa shape index (κ1) is 17.7. The number of nitrogens with two attached hydrogens (primary N) is 1. The van der Waals surface area contributed by atoms with Gasteiger partial charge >= 0.3 is 0 Å². The highest BCUT2D eigenvalue weighted by atomic mass is 32.2.